The summed E-state index contributed by atoms with van der Waals surface area (Å²) < 4.78 is 22.8. The smallest absolute Gasteiger partial charge is 0.333 e. The summed E-state index contributed by atoms with van der Waals surface area (Å²) in [5.74, 6) is 10.8. The molecule has 4 bridgehead atoms. The molecule has 0 aromatic rings. The van der Waals surface area contributed by atoms with Gasteiger partial charge in [0.15, 0.2) is 0 Å². The van der Waals surface area contributed by atoms with Crippen LogP contribution in [0.4, 0.5) is 0 Å². The zero-order valence-electron chi connectivity index (χ0n) is 49.7. The molecule has 7 aliphatic rings. The Morgan fingerprint density at radius 1 is 0.416 bits per heavy atom. The van der Waals surface area contributed by atoms with Crippen LogP contribution in [0.2, 0.25) is 0 Å². The van der Waals surface area contributed by atoms with Gasteiger partial charge in [0.2, 0.25) is 0 Å². The molecule has 16 atom stereocenters. The van der Waals surface area contributed by atoms with Gasteiger partial charge in [-0.25, -0.2) is 9.59 Å². The molecule has 77 heavy (non-hydrogen) atoms. The van der Waals surface area contributed by atoms with Crippen LogP contribution >= 0.6 is 0 Å². The predicted octanol–water partition coefficient (Wildman–Crippen LogP) is 17.7. The molecule has 0 aliphatic heterocycles. The van der Waals surface area contributed by atoms with Crippen molar-refractivity contribution in [2.45, 2.75) is 265 Å². The Balaban J connectivity index is 0.766. The molecule has 0 spiro atoms. The lowest BCUT2D eigenvalue weighted by Crippen LogP contribution is -2.35. The maximum absolute atomic E-state index is 12.9. The molecule has 0 aromatic carbocycles. The van der Waals surface area contributed by atoms with E-state index in [4.69, 9.17) is 18.9 Å². The number of unbranched alkanes of at least 4 members (excludes halogenated alkanes) is 18. The first-order valence-corrected chi connectivity index (χ1v) is 33.5. The summed E-state index contributed by atoms with van der Waals surface area (Å²) >= 11 is 0. The van der Waals surface area contributed by atoms with E-state index in [1.165, 1.54) is 205 Å². The molecule has 0 N–H and O–H groups in total. The Bertz CT molecular complexity index is 1790. The zero-order chi connectivity index (χ0) is 54.4. The van der Waals surface area contributed by atoms with Crippen molar-refractivity contribution in [1.29, 1.82) is 0 Å². The summed E-state index contributed by atoms with van der Waals surface area (Å²) in [6.07, 6.45) is 49.2. The Kier molecular flexibility index (Phi) is 26.8. The summed E-state index contributed by atoms with van der Waals surface area (Å²) in [5.41, 5.74) is 0.480. The lowest BCUT2D eigenvalue weighted by Gasteiger charge is -2.44. The topological polar surface area (TPSA) is 105 Å². The predicted molar refractivity (Wildman–Crippen MR) is 311 cm³/mol. The van der Waals surface area contributed by atoms with Gasteiger partial charge in [0.1, 0.15) is 0 Å². The van der Waals surface area contributed by atoms with E-state index in [1.54, 1.807) is 6.92 Å². The number of esters is 4. The number of fused-ring (bicyclic) bond motifs is 10. The number of hydrogen-bond donors (Lipinski definition) is 0. The first kappa shape index (κ1) is 62.0. The van der Waals surface area contributed by atoms with Crippen molar-refractivity contribution in [3.63, 3.8) is 0 Å². The number of ether oxygens (including phenoxy) is 4. The Morgan fingerprint density at radius 2 is 0.805 bits per heavy atom. The molecule has 7 fully saturated rings. The molecule has 8 heteroatoms. The van der Waals surface area contributed by atoms with E-state index < -0.39 is 0 Å². The van der Waals surface area contributed by atoms with Gasteiger partial charge in [0.05, 0.1) is 26.4 Å². The highest BCUT2D eigenvalue weighted by molar-refractivity contribution is 5.86. The summed E-state index contributed by atoms with van der Waals surface area (Å²) in [6.45, 7) is 15.9. The minimum Gasteiger partial charge on any atom is -0.465 e. The lowest BCUT2D eigenvalue weighted by molar-refractivity contribution is -0.146. The highest BCUT2D eigenvalue weighted by Crippen LogP contribution is 2.63. The van der Waals surface area contributed by atoms with Gasteiger partial charge in [0, 0.05) is 24.5 Å². The van der Waals surface area contributed by atoms with Crippen molar-refractivity contribution in [2.75, 3.05) is 26.4 Å². The fourth-order valence-electron chi connectivity index (χ4n) is 18.3. The van der Waals surface area contributed by atoms with Crippen molar-refractivity contribution >= 4 is 23.9 Å². The normalized spacial score (nSPS) is 32.5. The van der Waals surface area contributed by atoms with E-state index in [0.717, 1.165) is 79.4 Å². The maximum atomic E-state index is 12.9. The molecule has 0 saturated heterocycles. The van der Waals surface area contributed by atoms with Gasteiger partial charge in [-0.05, 0) is 192 Å². The van der Waals surface area contributed by atoms with E-state index >= 15 is 0 Å². The third kappa shape index (κ3) is 19.0. The molecule has 438 valence electrons. The van der Waals surface area contributed by atoms with Crippen LogP contribution in [0, 0.1) is 94.7 Å². The monoisotopic (exact) mass is 1070 g/mol. The minimum atomic E-state index is -0.311. The molecule has 7 saturated carbocycles. The lowest BCUT2D eigenvalue weighted by atomic mass is 9.61. The molecule has 7 aliphatic carbocycles. The van der Waals surface area contributed by atoms with Crippen LogP contribution in [0.3, 0.4) is 0 Å². The third-order valence-corrected chi connectivity index (χ3v) is 22.1. The molecule has 15 unspecified atom stereocenters. The first-order valence-electron chi connectivity index (χ1n) is 33.5. The van der Waals surface area contributed by atoms with E-state index in [9.17, 15) is 19.2 Å². The molecular weight excluding hydrogens is 957 g/mol. The summed E-state index contributed by atoms with van der Waals surface area (Å²) in [6, 6.07) is 0. The van der Waals surface area contributed by atoms with E-state index in [1.807, 2.05) is 0 Å². The minimum absolute atomic E-state index is 0.00262. The van der Waals surface area contributed by atoms with E-state index in [2.05, 4.69) is 27.0 Å². The fourth-order valence-corrected chi connectivity index (χ4v) is 18.3. The van der Waals surface area contributed by atoms with Crippen LogP contribution in [0.15, 0.2) is 24.8 Å². The quantitative estimate of drug-likeness (QED) is 0.0259. The highest BCUT2D eigenvalue weighted by atomic mass is 16.5. The Labute approximate surface area is 470 Å². The maximum Gasteiger partial charge on any atom is 0.333 e. The van der Waals surface area contributed by atoms with E-state index in [0.29, 0.717) is 92.2 Å². The van der Waals surface area contributed by atoms with Gasteiger partial charge in [-0.15, -0.1) is 0 Å². The molecule has 0 heterocycles. The zero-order valence-corrected chi connectivity index (χ0v) is 49.7. The number of hydrogen-bond acceptors (Lipinski definition) is 8. The number of carbonyl (C=O) groups is 4. The van der Waals surface area contributed by atoms with Crippen LogP contribution < -0.4 is 0 Å². The van der Waals surface area contributed by atoms with Crippen LogP contribution in [-0.4, -0.2) is 50.3 Å². The van der Waals surface area contributed by atoms with Crippen LogP contribution in [0.25, 0.3) is 0 Å². The van der Waals surface area contributed by atoms with Crippen LogP contribution in [0.1, 0.15) is 265 Å². The van der Waals surface area contributed by atoms with Gasteiger partial charge in [0.25, 0.3) is 0 Å². The van der Waals surface area contributed by atoms with Gasteiger partial charge in [-0.2, -0.15) is 0 Å². The highest BCUT2D eigenvalue weighted by Gasteiger charge is 2.57. The largest absolute Gasteiger partial charge is 0.465 e. The Morgan fingerprint density at radius 3 is 1.27 bits per heavy atom. The second-order valence-corrected chi connectivity index (χ2v) is 27.4. The van der Waals surface area contributed by atoms with Gasteiger partial charge in [-0.3, -0.25) is 9.59 Å². The van der Waals surface area contributed by atoms with Crippen molar-refractivity contribution in [3.05, 3.63) is 24.8 Å². The first-order chi connectivity index (χ1) is 37.6. The molecule has 0 aromatic heterocycles. The fraction of sp³-hybridized carbons (Fsp3) is 0.884. The average Bonchev–Trinajstić information content (AvgIpc) is 4.41. The SMILES string of the molecule is C=CC(=O)OCC1CC2C3C[C@@H](CC3COC(=O)CCCCCCCCC3C(CCCCCCCC)CCC(CCCCCC)C3CCCCCCCCC(=O)OCC3CC4C5CC(COC(=O)C(=C)C)C(C5)C4C3)C2C1. The standard InChI is InChI=1S/C69H114O8/c1-6-9-11-13-18-24-30-53-36-35-52(29-23-12-10-7-2)58(31-25-19-14-16-21-27-33-67(71)75-46-51-38-61-55-42-57(48-77-69(73)49(4)5)63(44-55)65(61)40-51)59(53)32-26-20-15-17-22-28-34-68(72)76-47-56-41-54-43-62(56)64-39-50(37-60(54)64)45-74-66(70)8-3/h8,50-65H,3-4,6-7,9-48H2,1-2,5H3/t50?,51?,52?,53?,54-,55?,56?,57?,58?,59?,60?,61?,62?,63?,64?,65?/m1/s1. The van der Waals surface area contributed by atoms with Crippen molar-refractivity contribution in [2.24, 2.45) is 94.7 Å². The summed E-state index contributed by atoms with van der Waals surface area (Å²) in [4.78, 5) is 49.4. The Hall–Kier alpha value is -2.64. The average molecular weight is 1070 g/mol. The van der Waals surface area contributed by atoms with Gasteiger partial charge < -0.3 is 18.9 Å². The molecule has 7 rings (SSSR count). The van der Waals surface area contributed by atoms with Crippen LogP contribution in [0.5, 0.6) is 0 Å². The molecule has 0 radical (unpaired) electrons. The number of carbonyl (C=O) groups excluding carboxylic acids is 4. The van der Waals surface area contributed by atoms with E-state index in [-0.39, 0.29) is 23.9 Å². The summed E-state index contributed by atoms with van der Waals surface area (Å²) in [7, 11) is 0. The van der Waals surface area contributed by atoms with Crippen molar-refractivity contribution < 1.29 is 38.1 Å². The number of rotatable bonds is 40. The second kappa shape index (κ2) is 33.3. The van der Waals surface area contributed by atoms with Crippen molar-refractivity contribution in [3.8, 4) is 0 Å². The summed E-state index contributed by atoms with van der Waals surface area (Å²) in [5, 5.41) is 0. The second-order valence-electron chi connectivity index (χ2n) is 27.4. The van der Waals surface area contributed by atoms with Crippen LogP contribution in [-0.2, 0) is 38.1 Å². The van der Waals surface area contributed by atoms with Gasteiger partial charge in [-0.1, -0.05) is 168 Å². The van der Waals surface area contributed by atoms with Gasteiger partial charge >= 0.3 is 23.9 Å². The molecule has 0 amide bonds. The third-order valence-electron chi connectivity index (χ3n) is 22.1. The van der Waals surface area contributed by atoms with Crippen molar-refractivity contribution in [1.82, 2.24) is 0 Å². The molecule has 8 nitrogen and oxygen atoms in total. The molecular formula is C69H114O8.